The Morgan fingerprint density at radius 2 is 2.14 bits per heavy atom. The van der Waals surface area contributed by atoms with Gasteiger partial charge in [0.25, 0.3) is 0 Å². The summed E-state index contributed by atoms with van der Waals surface area (Å²) in [6.07, 6.45) is 2.23. The van der Waals surface area contributed by atoms with Gasteiger partial charge in [0.2, 0.25) is 5.91 Å². The Kier molecular flexibility index (Phi) is 11.8. The Bertz CT molecular complexity index is 654. The number of anilines is 1. The molecule has 1 aliphatic heterocycles. The van der Waals surface area contributed by atoms with Gasteiger partial charge in [-0.05, 0) is 31.9 Å². The number of hydrogen-bond acceptors (Lipinski definition) is 4. The molecule has 164 valence electrons. The summed E-state index contributed by atoms with van der Waals surface area (Å²) in [5.41, 5.74) is 1.18. The van der Waals surface area contributed by atoms with Crippen molar-refractivity contribution in [2.45, 2.75) is 39.7 Å². The summed E-state index contributed by atoms with van der Waals surface area (Å²) in [4.78, 5) is 18.6. The van der Waals surface area contributed by atoms with Gasteiger partial charge in [-0.2, -0.15) is 0 Å². The van der Waals surface area contributed by atoms with Gasteiger partial charge >= 0.3 is 0 Å². The van der Waals surface area contributed by atoms with Crippen LogP contribution in [0.15, 0.2) is 29.3 Å². The Morgan fingerprint density at radius 1 is 1.34 bits per heavy atom. The second kappa shape index (κ2) is 13.5. The predicted octanol–water partition coefficient (Wildman–Crippen LogP) is 2.61. The molecule has 8 heteroatoms. The molecule has 0 bridgehead atoms. The molecule has 0 aliphatic carbocycles. The molecule has 1 heterocycles. The van der Waals surface area contributed by atoms with Gasteiger partial charge in [-0.1, -0.05) is 19.9 Å². The van der Waals surface area contributed by atoms with Crippen molar-refractivity contribution in [1.82, 2.24) is 16.0 Å². The summed E-state index contributed by atoms with van der Waals surface area (Å²) >= 11 is 0. The van der Waals surface area contributed by atoms with Crippen molar-refractivity contribution < 1.29 is 9.53 Å². The van der Waals surface area contributed by atoms with Gasteiger partial charge in [0.15, 0.2) is 5.96 Å². The van der Waals surface area contributed by atoms with Crippen molar-refractivity contribution in [3.05, 3.63) is 24.3 Å². The van der Waals surface area contributed by atoms with Gasteiger partial charge in [-0.25, -0.2) is 0 Å². The van der Waals surface area contributed by atoms with Crippen LogP contribution < -0.4 is 25.6 Å². The number of amides is 1. The third kappa shape index (κ3) is 8.67. The minimum atomic E-state index is 0. The van der Waals surface area contributed by atoms with Crippen LogP contribution in [0.4, 0.5) is 5.69 Å². The maximum atomic E-state index is 11.6. The topological polar surface area (TPSA) is 78.0 Å². The fourth-order valence-corrected chi connectivity index (χ4v) is 3.20. The summed E-state index contributed by atoms with van der Waals surface area (Å²) in [6, 6.07) is 8.53. The van der Waals surface area contributed by atoms with Crippen LogP contribution in [0.25, 0.3) is 0 Å². The Morgan fingerprint density at radius 3 is 2.83 bits per heavy atom. The second-order valence-electron chi connectivity index (χ2n) is 7.34. The van der Waals surface area contributed by atoms with E-state index < -0.39 is 0 Å². The summed E-state index contributed by atoms with van der Waals surface area (Å²) in [6.45, 7) is 9.71. The van der Waals surface area contributed by atoms with Crippen molar-refractivity contribution in [1.29, 1.82) is 0 Å². The monoisotopic (exact) mass is 517 g/mol. The van der Waals surface area contributed by atoms with Crippen LogP contribution in [0, 0.1) is 5.92 Å². The highest BCUT2D eigenvalue weighted by Crippen LogP contribution is 2.24. The molecule has 1 saturated heterocycles. The average Bonchev–Trinajstić information content (AvgIpc) is 2.71. The van der Waals surface area contributed by atoms with E-state index in [-0.39, 0.29) is 35.8 Å². The maximum Gasteiger partial charge on any atom is 0.222 e. The van der Waals surface area contributed by atoms with Crippen LogP contribution in [0.3, 0.4) is 0 Å². The minimum absolute atomic E-state index is 0. The van der Waals surface area contributed by atoms with Crippen molar-refractivity contribution in [3.63, 3.8) is 0 Å². The molecule has 29 heavy (non-hydrogen) atoms. The smallest absolute Gasteiger partial charge is 0.222 e. The van der Waals surface area contributed by atoms with E-state index >= 15 is 0 Å². The number of nitrogens with zero attached hydrogens (tertiary/aromatic N) is 2. The quantitative estimate of drug-likeness (QED) is 0.214. The molecule has 7 nitrogen and oxygen atoms in total. The molecular formula is C21H36IN5O2. The van der Waals surface area contributed by atoms with Gasteiger partial charge in [0.1, 0.15) is 5.75 Å². The molecule has 1 fully saturated rings. The zero-order valence-electron chi connectivity index (χ0n) is 18.0. The number of piperidine rings is 1. The lowest BCUT2D eigenvalue weighted by molar-refractivity contribution is -0.123. The van der Waals surface area contributed by atoms with Crippen molar-refractivity contribution >= 4 is 41.5 Å². The second-order valence-corrected chi connectivity index (χ2v) is 7.34. The molecule has 1 aromatic carbocycles. The first kappa shape index (κ1) is 25.3. The fourth-order valence-electron chi connectivity index (χ4n) is 3.20. The average molecular weight is 517 g/mol. The van der Waals surface area contributed by atoms with Gasteiger partial charge in [0, 0.05) is 49.9 Å². The number of ether oxygens (including phenoxy) is 1. The highest BCUT2D eigenvalue weighted by molar-refractivity contribution is 14.0. The first-order chi connectivity index (χ1) is 13.5. The molecule has 2 rings (SSSR count). The van der Waals surface area contributed by atoms with Crippen LogP contribution in [-0.4, -0.2) is 57.7 Å². The SMILES string of the molecule is CCNC(=NCCNC(=O)C(C)C)NC1CCCN(c2cccc(OC)c2)C1.I. The summed E-state index contributed by atoms with van der Waals surface area (Å²) in [5.74, 6) is 1.75. The highest BCUT2D eigenvalue weighted by atomic mass is 127. The number of aliphatic imine (C=N–C) groups is 1. The molecule has 1 atom stereocenters. The third-order valence-corrected chi connectivity index (χ3v) is 4.73. The number of rotatable bonds is 8. The molecule has 1 aliphatic rings. The molecule has 1 aromatic rings. The molecule has 3 N–H and O–H groups in total. The zero-order chi connectivity index (χ0) is 20.4. The number of guanidine groups is 1. The standard InChI is InChI=1S/C21H35N5O2.HI/c1-5-22-21(24-12-11-23-20(27)16(2)3)25-17-8-7-13-26(15-17)18-9-6-10-19(14-18)28-4;/h6,9-10,14,16-17H,5,7-8,11-13,15H2,1-4H3,(H,23,27)(H2,22,24,25);1H. The first-order valence-corrected chi connectivity index (χ1v) is 10.2. The van der Waals surface area contributed by atoms with Crippen molar-refractivity contribution in [2.75, 3.05) is 44.7 Å². The molecule has 0 radical (unpaired) electrons. The van der Waals surface area contributed by atoms with Crippen LogP contribution in [0.5, 0.6) is 5.75 Å². The lowest BCUT2D eigenvalue weighted by Crippen LogP contribution is -2.51. The molecule has 1 unspecified atom stereocenters. The Hall–Kier alpha value is -1.71. The molecule has 1 amide bonds. The number of methoxy groups -OCH3 is 1. The fraction of sp³-hybridized carbons (Fsp3) is 0.619. The van der Waals surface area contributed by atoms with Gasteiger partial charge in [-0.15, -0.1) is 24.0 Å². The van der Waals surface area contributed by atoms with Gasteiger partial charge in [0.05, 0.1) is 13.7 Å². The van der Waals surface area contributed by atoms with Crippen LogP contribution in [0.2, 0.25) is 0 Å². The van der Waals surface area contributed by atoms with E-state index in [1.165, 1.54) is 5.69 Å². The number of halogens is 1. The summed E-state index contributed by atoms with van der Waals surface area (Å²) in [7, 11) is 1.70. The lowest BCUT2D eigenvalue weighted by atomic mass is 10.0. The lowest BCUT2D eigenvalue weighted by Gasteiger charge is -2.35. The molecule has 0 spiro atoms. The molecular weight excluding hydrogens is 481 g/mol. The Balaban J connectivity index is 0.00000420. The highest BCUT2D eigenvalue weighted by Gasteiger charge is 2.21. The largest absolute Gasteiger partial charge is 0.497 e. The van der Waals surface area contributed by atoms with E-state index in [1.54, 1.807) is 7.11 Å². The number of carbonyl (C=O) groups is 1. The maximum absolute atomic E-state index is 11.6. The normalized spacial score (nSPS) is 16.8. The van der Waals surface area contributed by atoms with E-state index in [0.29, 0.717) is 19.1 Å². The van der Waals surface area contributed by atoms with Crippen molar-refractivity contribution in [2.24, 2.45) is 10.9 Å². The van der Waals surface area contributed by atoms with Crippen LogP contribution in [-0.2, 0) is 4.79 Å². The van der Waals surface area contributed by atoms with Crippen LogP contribution >= 0.6 is 24.0 Å². The number of hydrogen-bond donors (Lipinski definition) is 3. The first-order valence-electron chi connectivity index (χ1n) is 10.2. The van der Waals surface area contributed by atoms with E-state index in [4.69, 9.17) is 4.74 Å². The van der Waals surface area contributed by atoms with E-state index in [0.717, 1.165) is 44.2 Å². The van der Waals surface area contributed by atoms with E-state index in [1.807, 2.05) is 26.0 Å². The zero-order valence-corrected chi connectivity index (χ0v) is 20.4. The number of nitrogens with one attached hydrogen (secondary N) is 3. The number of benzene rings is 1. The van der Waals surface area contributed by atoms with Gasteiger partial charge in [-0.3, -0.25) is 9.79 Å². The van der Waals surface area contributed by atoms with Crippen molar-refractivity contribution in [3.8, 4) is 5.75 Å². The summed E-state index contributed by atoms with van der Waals surface area (Å²) < 4.78 is 5.35. The molecule has 0 aromatic heterocycles. The number of carbonyl (C=O) groups excluding carboxylic acids is 1. The third-order valence-electron chi connectivity index (χ3n) is 4.73. The predicted molar refractivity (Wildman–Crippen MR) is 131 cm³/mol. The Labute approximate surface area is 192 Å². The van der Waals surface area contributed by atoms with E-state index in [2.05, 4.69) is 44.9 Å². The summed E-state index contributed by atoms with van der Waals surface area (Å²) in [5, 5.41) is 9.75. The molecule has 0 saturated carbocycles. The van der Waals surface area contributed by atoms with E-state index in [9.17, 15) is 4.79 Å². The minimum Gasteiger partial charge on any atom is -0.497 e. The van der Waals surface area contributed by atoms with Crippen LogP contribution in [0.1, 0.15) is 33.6 Å². The van der Waals surface area contributed by atoms with Gasteiger partial charge < -0.3 is 25.6 Å².